The number of Topliss-reactive ketones (excluding diaryl/α,β-unsaturated/α-hetero) is 1. The lowest BCUT2D eigenvalue weighted by Gasteiger charge is -2.27. The maximum atomic E-state index is 14.5. The van der Waals surface area contributed by atoms with Gasteiger partial charge >= 0.3 is 5.97 Å². The topological polar surface area (TPSA) is 92.7 Å². The van der Waals surface area contributed by atoms with Gasteiger partial charge in [0.05, 0.1) is 26.8 Å². The molecule has 10 heteroatoms. The predicted octanol–water partition coefficient (Wildman–Crippen LogP) is 5.09. The first-order valence-electron chi connectivity index (χ1n) is 10.2. The molecule has 6 nitrogen and oxygen atoms in total. The summed E-state index contributed by atoms with van der Waals surface area (Å²) in [7, 11) is 0. The van der Waals surface area contributed by atoms with Gasteiger partial charge in [0.2, 0.25) is 5.82 Å². The number of rotatable bonds is 9. The minimum atomic E-state index is -1.27. The molecule has 0 saturated heterocycles. The van der Waals surface area contributed by atoms with Crippen LogP contribution < -0.4 is 10.1 Å². The summed E-state index contributed by atoms with van der Waals surface area (Å²) in [6.45, 7) is 0.199. The molecule has 32 heavy (non-hydrogen) atoms. The van der Waals surface area contributed by atoms with E-state index in [9.17, 15) is 23.2 Å². The summed E-state index contributed by atoms with van der Waals surface area (Å²) in [6, 6.07) is 5.60. The molecule has 1 aliphatic carbocycles. The van der Waals surface area contributed by atoms with Crippen molar-refractivity contribution >= 4 is 40.6 Å². The Labute approximate surface area is 192 Å². The number of hydrogen-bond acceptors (Lipinski definition) is 5. The van der Waals surface area contributed by atoms with Gasteiger partial charge in [-0.25, -0.2) is 4.39 Å². The smallest absolute Gasteiger partial charge is 0.306 e. The van der Waals surface area contributed by atoms with Crippen molar-refractivity contribution in [2.75, 3.05) is 6.54 Å². The Balaban J connectivity index is 1.50. The van der Waals surface area contributed by atoms with E-state index in [4.69, 9.17) is 21.4 Å². The third-order valence-corrected chi connectivity index (χ3v) is 6.56. The van der Waals surface area contributed by atoms with Gasteiger partial charge in [0.1, 0.15) is 0 Å². The van der Waals surface area contributed by atoms with Gasteiger partial charge in [0.15, 0.2) is 17.3 Å². The number of halogens is 3. The van der Waals surface area contributed by atoms with Crippen LogP contribution in [0, 0.1) is 17.6 Å². The summed E-state index contributed by atoms with van der Waals surface area (Å²) in [5, 5.41) is 11.7. The highest BCUT2D eigenvalue weighted by Crippen LogP contribution is 2.30. The minimum Gasteiger partial charge on any atom is -0.487 e. The molecule has 1 fully saturated rings. The van der Waals surface area contributed by atoms with Crippen molar-refractivity contribution in [3.05, 3.63) is 50.7 Å². The number of ether oxygens (including phenoxy) is 1. The molecule has 0 aliphatic heterocycles. The molecule has 172 valence electrons. The summed E-state index contributed by atoms with van der Waals surface area (Å²) >= 11 is 6.92. The van der Waals surface area contributed by atoms with Crippen molar-refractivity contribution in [3.8, 4) is 5.75 Å². The number of carbonyl (C=O) groups is 3. The van der Waals surface area contributed by atoms with Crippen LogP contribution in [0.1, 0.15) is 58.6 Å². The van der Waals surface area contributed by atoms with E-state index in [2.05, 4.69) is 5.32 Å². The molecule has 1 saturated carbocycles. The Bertz CT molecular complexity index is 1000. The number of amides is 1. The van der Waals surface area contributed by atoms with Gasteiger partial charge in [0, 0.05) is 13.0 Å². The lowest BCUT2D eigenvalue weighted by Crippen LogP contribution is -2.28. The molecule has 0 bridgehead atoms. The molecule has 1 aromatic heterocycles. The van der Waals surface area contributed by atoms with Crippen LogP contribution in [-0.4, -0.2) is 35.4 Å². The second-order valence-electron chi connectivity index (χ2n) is 7.56. The molecule has 1 amide bonds. The first kappa shape index (κ1) is 24.1. The third-order valence-electron chi connectivity index (χ3n) is 5.33. The van der Waals surface area contributed by atoms with Crippen molar-refractivity contribution in [2.24, 2.45) is 5.92 Å². The Morgan fingerprint density at radius 2 is 1.81 bits per heavy atom. The monoisotopic (exact) mass is 485 g/mol. The maximum Gasteiger partial charge on any atom is 0.306 e. The van der Waals surface area contributed by atoms with Gasteiger partial charge in [-0.05, 0) is 56.4 Å². The molecule has 1 aromatic carbocycles. The third kappa shape index (κ3) is 6.04. The van der Waals surface area contributed by atoms with E-state index in [1.165, 1.54) is 12.1 Å². The molecule has 0 radical (unpaired) electrons. The van der Waals surface area contributed by atoms with Crippen LogP contribution in [0.5, 0.6) is 5.75 Å². The molecule has 0 atom stereocenters. The van der Waals surface area contributed by atoms with Gasteiger partial charge in [0.25, 0.3) is 5.91 Å². The average molecular weight is 486 g/mol. The molecular weight excluding hydrogens is 464 g/mol. The van der Waals surface area contributed by atoms with Crippen LogP contribution in [0.3, 0.4) is 0 Å². The number of benzene rings is 1. The zero-order valence-electron chi connectivity index (χ0n) is 17.0. The van der Waals surface area contributed by atoms with Gasteiger partial charge in [-0.1, -0.05) is 11.6 Å². The summed E-state index contributed by atoms with van der Waals surface area (Å²) in [4.78, 5) is 35.7. The van der Waals surface area contributed by atoms with E-state index in [1.54, 1.807) is 12.1 Å². The summed E-state index contributed by atoms with van der Waals surface area (Å²) in [5.41, 5.74) is -0.374. The van der Waals surface area contributed by atoms with Gasteiger partial charge in [-0.15, -0.1) is 11.3 Å². The normalized spacial score (nSPS) is 18.2. The molecule has 2 N–H and O–H groups in total. The number of ketones is 1. The fourth-order valence-corrected chi connectivity index (χ4v) is 4.51. The maximum absolute atomic E-state index is 14.5. The van der Waals surface area contributed by atoms with Crippen LogP contribution in [0.4, 0.5) is 8.78 Å². The Kier molecular flexibility index (Phi) is 8.20. The average Bonchev–Trinajstić information content (AvgIpc) is 3.21. The summed E-state index contributed by atoms with van der Waals surface area (Å²) in [5.74, 6) is -5.00. The number of hydrogen-bond donors (Lipinski definition) is 2. The van der Waals surface area contributed by atoms with Crippen LogP contribution in [0.25, 0.3) is 0 Å². The molecular formula is C22H22ClF2NO5S. The molecule has 2 aromatic rings. The molecule has 3 rings (SSSR count). The minimum absolute atomic E-state index is 0.0682. The standard InChI is InChI=1S/C22H22ClF2NO5S/c23-18-10-9-17(32-18)21(28)26-11-1-2-15(27)14-7-8-16(20(25)19(14)24)31-13-5-3-12(4-6-13)22(29)30/h7-10,12-13H,1-6,11H2,(H,26,28)(H,29,30). The van der Waals surface area contributed by atoms with Crippen LogP contribution in [0.2, 0.25) is 4.34 Å². The van der Waals surface area contributed by atoms with E-state index in [0.717, 1.165) is 11.3 Å². The first-order chi connectivity index (χ1) is 15.3. The first-order valence-corrected chi connectivity index (χ1v) is 11.4. The quantitative estimate of drug-likeness (QED) is 0.381. The van der Waals surface area contributed by atoms with Crippen LogP contribution >= 0.6 is 22.9 Å². The number of thiophene rings is 1. The number of carbonyl (C=O) groups excluding carboxylic acids is 2. The van der Waals surface area contributed by atoms with Gasteiger partial charge in [-0.3, -0.25) is 14.4 Å². The highest BCUT2D eigenvalue weighted by Gasteiger charge is 2.28. The zero-order chi connectivity index (χ0) is 23.3. The van der Waals surface area contributed by atoms with Crippen molar-refractivity contribution in [1.82, 2.24) is 5.32 Å². The second kappa shape index (κ2) is 10.9. The Morgan fingerprint density at radius 1 is 1.09 bits per heavy atom. The van der Waals surface area contributed by atoms with Crippen LogP contribution in [0.15, 0.2) is 24.3 Å². The Morgan fingerprint density at radius 3 is 2.44 bits per heavy atom. The number of carboxylic acid groups (broad SMARTS) is 1. The molecule has 0 unspecified atom stereocenters. The van der Waals surface area contributed by atoms with E-state index in [1.807, 2.05) is 0 Å². The largest absolute Gasteiger partial charge is 0.487 e. The number of carboxylic acids is 1. The highest BCUT2D eigenvalue weighted by molar-refractivity contribution is 7.17. The highest BCUT2D eigenvalue weighted by atomic mass is 35.5. The van der Waals surface area contributed by atoms with E-state index < -0.39 is 35.4 Å². The SMILES string of the molecule is O=C(NCCCC(=O)c1ccc(OC2CCC(C(=O)O)CC2)c(F)c1F)c1ccc(Cl)s1. The van der Waals surface area contributed by atoms with E-state index in [-0.39, 0.29) is 36.6 Å². The fourth-order valence-electron chi connectivity index (χ4n) is 3.55. The molecule has 1 heterocycles. The Hall–Kier alpha value is -2.52. The van der Waals surface area contributed by atoms with Crippen molar-refractivity contribution in [3.63, 3.8) is 0 Å². The van der Waals surface area contributed by atoms with Crippen LogP contribution in [-0.2, 0) is 4.79 Å². The number of aliphatic carboxylic acids is 1. The second-order valence-corrected chi connectivity index (χ2v) is 9.27. The fraction of sp³-hybridized carbons (Fsp3) is 0.409. The van der Waals surface area contributed by atoms with Gasteiger partial charge < -0.3 is 15.2 Å². The van der Waals surface area contributed by atoms with Gasteiger partial charge in [-0.2, -0.15) is 4.39 Å². The van der Waals surface area contributed by atoms with Crippen molar-refractivity contribution in [2.45, 2.75) is 44.6 Å². The lowest BCUT2D eigenvalue weighted by molar-refractivity contribution is -0.143. The molecule has 0 spiro atoms. The number of nitrogens with one attached hydrogen (secondary N) is 1. The summed E-state index contributed by atoms with van der Waals surface area (Å²) in [6.07, 6.45) is 1.48. The summed E-state index contributed by atoms with van der Waals surface area (Å²) < 4.78 is 34.9. The van der Waals surface area contributed by atoms with Crippen molar-refractivity contribution < 1.29 is 33.0 Å². The lowest BCUT2D eigenvalue weighted by atomic mass is 9.87. The predicted molar refractivity (Wildman–Crippen MR) is 116 cm³/mol. The zero-order valence-corrected chi connectivity index (χ0v) is 18.6. The van der Waals surface area contributed by atoms with E-state index in [0.29, 0.717) is 34.9 Å². The molecule has 1 aliphatic rings. The van der Waals surface area contributed by atoms with Crippen molar-refractivity contribution in [1.29, 1.82) is 0 Å². The van der Waals surface area contributed by atoms with E-state index >= 15 is 0 Å².